The van der Waals surface area contributed by atoms with Crippen molar-refractivity contribution in [2.75, 3.05) is 19.3 Å². The highest BCUT2D eigenvalue weighted by atomic mass is 32.2. The minimum Gasteiger partial charge on any atom is -0.325 e. The van der Waals surface area contributed by atoms with Crippen molar-refractivity contribution in [1.29, 1.82) is 0 Å². The van der Waals surface area contributed by atoms with Gasteiger partial charge in [0.25, 0.3) is 0 Å². The van der Waals surface area contributed by atoms with Gasteiger partial charge in [0.2, 0.25) is 10.0 Å². The number of nitrogens with zero attached hydrogens (tertiary/aromatic N) is 1. The van der Waals surface area contributed by atoms with Gasteiger partial charge in [-0.05, 0) is 38.0 Å². The van der Waals surface area contributed by atoms with Gasteiger partial charge in [-0.15, -0.1) is 0 Å². The zero-order valence-electron chi connectivity index (χ0n) is 12.8. The molecule has 20 heavy (non-hydrogen) atoms. The Morgan fingerprint density at radius 3 is 2.30 bits per heavy atom. The maximum absolute atomic E-state index is 11.7. The highest BCUT2D eigenvalue weighted by molar-refractivity contribution is 7.88. The van der Waals surface area contributed by atoms with Crippen molar-refractivity contribution in [2.45, 2.75) is 69.7 Å². The number of sulfonamides is 1. The van der Waals surface area contributed by atoms with Crippen LogP contribution >= 0.6 is 0 Å². The molecule has 0 aromatic carbocycles. The molecule has 1 saturated carbocycles. The molecule has 0 amide bonds. The summed E-state index contributed by atoms with van der Waals surface area (Å²) in [5.41, 5.74) is 6.60. The summed E-state index contributed by atoms with van der Waals surface area (Å²) in [6.45, 7) is 1.37. The molecule has 1 atom stereocenters. The Labute approximate surface area is 124 Å². The van der Waals surface area contributed by atoms with Crippen molar-refractivity contribution in [3.63, 3.8) is 0 Å². The molecule has 0 aromatic rings. The Hall–Kier alpha value is -0.130. The predicted molar refractivity (Wildman–Crippen MR) is 83.0 cm³/mol. The van der Waals surface area contributed by atoms with Gasteiger partial charge >= 0.3 is 0 Å². The van der Waals surface area contributed by atoms with Crippen LogP contribution in [0.4, 0.5) is 0 Å². The third kappa shape index (κ3) is 4.71. The molecular weight excluding hydrogens is 272 g/mol. The first kappa shape index (κ1) is 16.2. The van der Waals surface area contributed by atoms with E-state index in [2.05, 4.69) is 0 Å². The van der Waals surface area contributed by atoms with Gasteiger partial charge in [-0.1, -0.05) is 32.1 Å². The first-order chi connectivity index (χ1) is 9.39. The minimum atomic E-state index is -3.04. The molecule has 0 bridgehead atoms. The van der Waals surface area contributed by atoms with Crippen LogP contribution in [-0.4, -0.2) is 37.6 Å². The van der Waals surface area contributed by atoms with E-state index in [1.807, 2.05) is 0 Å². The zero-order valence-corrected chi connectivity index (χ0v) is 13.6. The van der Waals surface area contributed by atoms with Crippen molar-refractivity contribution in [2.24, 2.45) is 11.7 Å². The second kappa shape index (κ2) is 6.75. The van der Waals surface area contributed by atoms with Crippen molar-refractivity contribution in [3.05, 3.63) is 0 Å². The standard InChI is InChI=1S/C15H30N2O2S/c1-20(18,19)17-11-7-8-14(13-17)12-15(16)9-5-3-2-4-6-10-15/h14H,2-13,16H2,1H3. The van der Waals surface area contributed by atoms with Crippen molar-refractivity contribution >= 4 is 10.0 Å². The van der Waals surface area contributed by atoms with Crippen LogP contribution in [0.2, 0.25) is 0 Å². The van der Waals surface area contributed by atoms with Gasteiger partial charge in [-0.3, -0.25) is 0 Å². The summed E-state index contributed by atoms with van der Waals surface area (Å²) in [5.74, 6) is 0.447. The fourth-order valence-corrected chi connectivity index (χ4v) is 4.83. The maximum Gasteiger partial charge on any atom is 0.211 e. The van der Waals surface area contributed by atoms with Gasteiger partial charge in [-0.25, -0.2) is 12.7 Å². The van der Waals surface area contributed by atoms with Gasteiger partial charge in [0.15, 0.2) is 0 Å². The van der Waals surface area contributed by atoms with E-state index in [-0.39, 0.29) is 5.54 Å². The lowest BCUT2D eigenvalue weighted by molar-refractivity contribution is 0.191. The second-order valence-electron chi connectivity index (χ2n) is 6.96. The lowest BCUT2D eigenvalue weighted by Crippen LogP contribution is -2.46. The third-order valence-corrected chi connectivity index (χ3v) is 6.26. The molecule has 118 valence electrons. The average Bonchev–Trinajstić information content (AvgIpc) is 2.34. The Morgan fingerprint density at radius 1 is 1.10 bits per heavy atom. The van der Waals surface area contributed by atoms with Crippen LogP contribution in [0.5, 0.6) is 0 Å². The molecule has 1 aliphatic heterocycles. The van der Waals surface area contributed by atoms with Gasteiger partial charge in [0.1, 0.15) is 0 Å². The molecule has 0 spiro atoms. The fraction of sp³-hybridized carbons (Fsp3) is 1.00. The first-order valence-corrected chi connectivity index (χ1v) is 9.98. The minimum absolute atomic E-state index is 0.0500. The predicted octanol–water partition coefficient (Wildman–Crippen LogP) is 2.49. The Bertz CT molecular complexity index is 400. The van der Waals surface area contributed by atoms with E-state index in [9.17, 15) is 8.42 Å². The summed E-state index contributed by atoms with van der Waals surface area (Å²) in [6.07, 6.45) is 13.1. The van der Waals surface area contributed by atoms with Crippen LogP contribution in [0.1, 0.15) is 64.2 Å². The van der Waals surface area contributed by atoms with E-state index in [1.165, 1.54) is 38.4 Å². The third-order valence-electron chi connectivity index (χ3n) is 5.00. The molecule has 1 unspecified atom stereocenters. The largest absolute Gasteiger partial charge is 0.325 e. The lowest BCUT2D eigenvalue weighted by Gasteiger charge is -2.38. The Balaban J connectivity index is 1.93. The highest BCUT2D eigenvalue weighted by Gasteiger charge is 2.33. The number of hydrogen-bond donors (Lipinski definition) is 1. The number of hydrogen-bond acceptors (Lipinski definition) is 3. The van der Waals surface area contributed by atoms with E-state index in [0.29, 0.717) is 19.0 Å². The van der Waals surface area contributed by atoms with Crippen molar-refractivity contribution in [1.82, 2.24) is 4.31 Å². The van der Waals surface area contributed by atoms with Crippen LogP contribution in [-0.2, 0) is 10.0 Å². The van der Waals surface area contributed by atoms with Crippen LogP contribution in [0, 0.1) is 5.92 Å². The molecule has 2 rings (SSSR count). The van der Waals surface area contributed by atoms with E-state index in [1.54, 1.807) is 4.31 Å². The molecule has 5 heteroatoms. The molecule has 1 saturated heterocycles. The molecule has 0 aromatic heterocycles. The second-order valence-corrected chi connectivity index (χ2v) is 8.95. The van der Waals surface area contributed by atoms with Crippen molar-refractivity contribution < 1.29 is 8.42 Å². The molecular formula is C15H30N2O2S. The van der Waals surface area contributed by atoms with Crippen LogP contribution in [0.3, 0.4) is 0 Å². The Kier molecular flexibility index (Phi) is 5.49. The number of rotatable bonds is 3. The summed E-state index contributed by atoms with van der Waals surface area (Å²) in [4.78, 5) is 0. The summed E-state index contributed by atoms with van der Waals surface area (Å²) in [6, 6.07) is 0. The quantitative estimate of drug-likeness (QED) is 0.871. The monoisotopic (exact) mass is 302 g/mol. The summed E-state index contributed by atoms with van der Waals surface area (Å²) < 4.78 is 25.0. The van der Waals surface area contributed by atoms with Crippen LogP contribution in [0.15, 0.2) is 0 Å². The number of nitrogens with two attached hydrogens (primary N) is 1. The summed E-state index contributed by atoms with van der Waals surface area (Å²) >= 11 is 0. The normalized spacial score (nSPS) is 29.6. The smallest absolute Gasteiger partial charge is 0.211 e. The fourth-order valence-electron chi connectivity index (χ4n) is 3.88. The number of piperidine rings is 1. The highest BCUT2D eigenvalue weighted by Crippen LogP contribution is 2.33. The maximum atomic E-state index is 11.7. The molecule has 2 N–H and O–H groups in total. The molecule has 2 fully saturated rings. The average molecular weight is 302 g/mol. The Morgan fingerprint density at radius 2 is 1.70 bits per heavy atom. The van der Waals surface area contributed by atoms with E-state index in [4.69, 9.17) is 5.73 Å². The zero-order chi connectivity index (χ0) is 14.6. The molecule has 2 aliphatic rings. The van der Waals surface area contributed by atoms with Gasteiger partial charge in [0, 0.05) is 18.6 Å². The van der Waals surface area contributed by atoms with Crippen molar-refractivity contribution in [3.8, 4) is 0 Å². The molecule has 1 heterocycles. The molecule has 1 aliphatic carbocycles. The van der Waals surface area contributed by atoms with E-state index < -0.39 is 10.0 Å². The van der Waals surface area contributed by atoms with Crippen LogP contribution < -0.4 is 5.73 Å². The van der Waals surface area contributed by atoms with E-state index in [0.717, 1.165) is 32.1 Å². The van der Waals surface area contributed by atoms with Gasteiger partial charge < -0.3 is 5.73 Å². The van der Waals surface area contributed by atoms with Gasteiger partial charge in [-0.2, -0.15) is 0 Å². The SMILES string of the molecule is CS(=O)(=O)N1CCCC(CC2(N)CCCCCCC2)C1. The van der Waals surface area contributed by atoms with Gasteiger partial charge in [0.05, 0.1) is 6.26 Å². The molecule has 4 nitrogen and oxygen atoms in total. The molecule has 0 radical (unpaired) electrons. The lowest BCUT2D eigenvalue weighted by atomic mass is 9.77. The summed E-state index contributed by atoms with van der Waals surface area (Å²) in [5, 5.41) is 0. The van der Waals surface area contributed by atoms with Crippen LogP contribution in [0.25, 0.3) is 0 Å². The van der Waals surface area contributed by atoms with E-state index >= 15 is 0 Å². The first-order valence-electron chi connectivity index (χ1n) is 8.13. The topological polar surface area (TPSA) is 63.4 Å². The summed E-state index contributed by atoms with van der Waals surface area (Å²) in [7, 11) is -3.04.